The molecule has 0 aromatic carbocycles. The van der Waals surface area contributed by atoms with E-state index in [9.17, 15) is 30.7 Å². The van der Waals surface area contributed by atoms with E-state index in [-0.39, 0.29) is 24.7 Å². The Morgan fingerprint density at radius 1 is 0.515 bits per heavy atom. The molecule has 4 fully saturated rings. The molecular formula is C25H37F7O. The smallest absolute Gasteiger partial charge is 0.317 e. The first kappa shape index (κ1) is 25.6. The first-order valence-corrected chi connectivity index (χ1v) is 12.9. The summed E-state index contributed by atoms with van der Waals surface area (Å²) in [4.78, 5) is 0. The molecule has 0 saturated heterocycles. The minimum Gasteiger partial charge on any atom is -0.317 e. The Morgan fingerprint density at radius 2 is 0.970 bits per heavy atom. The van der Waals surface area contributed by atoms with Gasteiger partial charge in [0, 0.05) is 12.8 Å². The van der Waals surface area contributed by atoms with Gasteiger partial charge in [-0.25, -0.2) is 22.0 Å². The SMILES string of the molecule is FC1CC(OC(F)(F)C2C(F)CC(C3CCC(C4CCCCC4)CC3)CC2F)CC(F)C1F. The van der Waals surface area contributed by atoms with Gasteiger partial charge in [0.25, 0.3) is 0 Å². The number of alkyl halides is 7. The Kier molecular flexibility index (Phi) is 8.22. The molecule has 0 bridgehead atoms. The van der Waals surface area contributed by atoms with Crippen molar-refractivity contribution in [3.05, 3.63) is 0 Å². The lowest BCUT2D eigenvalue weighted by Crippen LogP contribution is -2.52. The van der Waals surface area contributed by atoms with Gasteiger partial charge in [-0.15, -0.1) is 0 Å². The van der Waals surface area contributed by atoms with E-state index in [0.29, 0.717) is 5.92 Å². The second-order valence-electron chi connectivity index (χ2n) is 11.1. The fraction of sp³-hybridized carbons (Fsp3) is 1.00. The van der Waals surface area contributed by atoms with Crippen molar-refractivity contribution in [2.45, 2.75) is 127 Å². The summed E-state index contributed by atoms with van der Waals surface area (Å²) in [5.41, 5.74) is 0. The summed E-state index contributed by atoms with van der Waals surface area (Å²) in [5, 5.41) is 0. The standard InChI is InChI=1S/C25H37F7O/c26-19-10-17(16-8-6-15(7-9-16)14-4-2-1-3-5-14)11-20(27)23(19)25(31,32)33-18-12-21(28)24(30)22(29)13-18/h14-24H,1-13H2. The second kappa shape index (κ2) is 10.6. The minimum absolute atomic E-state index is 0.141. The van der Waals surface area contributed by atoms with E-state index in [4.69, 9.17) is 0 Å². The van der Waals surface area contributed by atoms with Gasteiger partial charge in [-0.1, -0.05) is 32.1 Å². The Hall–Kier alpha value is -0.530. The summed E-state index contributed by atoms with van der Waals surface area (Å²) in [5.74, 6) is -0.991. The Balaban J connectivity index is 1.30. The van der Waals surface area contributed by atoms with Crippen molar-refractivity contribution >= 4 is 0 Å². The normalized spacial score (nSPS) is 46.3. The molecule has 0 aromatic heterocycles. The largest absolute Gasteiger partial charge is 0.364 e. The molecule has 0 amide bonds. The van der Waals surface area contributed by atoms with E-state index >= 15 is 0 Å². The topological polar surface area (TPSA) is 9.23 Å². The fourth-order valence-corrected chi connectivity index (χ4v) is 7.18. The molecule has 0 aliphatic heterocycles. The van der Waals surface area contributed by atoms with Crippen molar-refractivity contribution in [1.29, 1.82) is 0 Å². The highest BCUT2D eigenvalue weighted by atomic mass is 19.3. The highest BCUT2D eigenvalue weighted by Crippen LogP contribution is 2.50. The van der Waals surface area contributed by atoms with Gasteiger partial charge in [0.2, 0.25) is 0 Å². The van der Waals surface area contributed by atoms with Crippen molar-refractivity contribution < 1.29 is 35.5 Å². The summed E-state index contributed by atoms with van der Waals surface area (Å²) in [6.07, 6.45) is -8.38. The molecule has 0 spiro atoms. The monoisotopic (exact) mass is 486 g/mol. The zero-order valence-electron chi connectivity index (χ0n) is 19.1. The summed E-state index contributed by atoms with van der Waals surface area (Å²) >= 11 is 0. The van der Waals surface area contributed by atoms with Crippen LogP contribution in [0, 0.1) is 29.6 Å². The lowest BCUT2D eigenvalue weighted by Gasteiger charge is -2.44. The molecule has 4 rings (SSSR count). The minimum atomic E-state index is -4.20. The van der Waals surface area contributed by atoms with Crippen molar-refractivity contribution in [2.75, 3.05) is 0 Å². The van der Waals surface area contributed by atoms with Crippen LogP contribution < -0.4 is 0 Å². The maximum Gasteiger partial charge on any atom is 0.364 e. The van der Waals surface area contributed by atoms with Crippen molar-refractivity contribution in [3.63, 3.8) is 0 Å². The number of hydrogen-bond acceptors (Lipinski definition) is 1. The molecular weight excluding hydrogens is 449 g/mol. The average Bonchev–Trinajstić information content (AvgIpc) is 2.77. The molecule has 4 unspecified atom stereocenters. The number of rotatable bonds is 5. The van der Waals surface area contributed by atoms with Crippen LogP contribution in [0.3, 0.4) is 0 Å². The summed E-state index contributed by atoms with van der Waals surface area (Å²) in [6.45, 7) is 0. The van der Waals surface area contributed by atoms with Gasteiger partial charge < -0.3 is 4.74 Å². The van der Waals surface area contributed by atoms with Crippen LogP contribution in [-0.2, 0) is 4.74 Å². The van der Waals surface area contributed by atoms with Crippen LogP contribution in [0.25, 0.3) is 0 Å². The van der Waals surface area contributed by atoms with Gasteiger partial charge in [-0.3, -0.25) is 0 Å². The van der Waals surface area contributed by atoms with Crippen LogP contribution in [0.15, 0.2) is 0 Å². The third-order valence-corrected chi connectivity index (χ3v) is 9.01. The quantitative estimate of drug-likeness (QED) is 0.360. The van der Waals surface area contributed by atoms with Gasteiger partial charge in [0.15, 0.2) is 6.17 Å². The van der Waals surface area contributed by atoms with Gasteiger partial charge in [-0.2, -0.15) is 8.78 Å². The lowest BCUT2D eigenvalue weighted by molar-refractivity contribution is -0.323. The van der Waals surface area contributed by atoms with Crippen LogP contribution >= 0.6 is 0 Å². The molecule has 0 radical (unpaired) electrons. The van der Waals surface area contributed by atoms with Crippen LogP contribution in [0.2, 0.25) is 0 Å². The number of halogens is 7. The van der Waals surface area contributed by atoms with Crippen molar-refractivity contribution in [3.8, 4) is 0 Å². The third-order valence-electron chi connectivity index (χ3n) is 9.01. The van der Waals surface area contributed by atoms with E-state index < -0.39 is 61.8 Å². The van der Waals surface area contributed by atoms with E-state index in [0.717, 1.165) is 31.6 Å². The predicted octanol–water partition coefficient (Wildman–Crippen LogP) is 7.86. The Bertz CT molecular complexity index is 596. The van der Waals surface area contributed by atoms with Crippen LogP contribution in [0.1, 0.15) is 83.5 Å². The first-order chi connectivity index (χ1) is 15.7. The molecule has 192 valence electrons. The van der Waals surface area contributed by atoms with Gasteiger partial charge in [-0.05, 0) is 62.2 Å². The van der Waals surface area contributed by atoms with E-state index in [1.807, 2.05) is 0 Å². The molecule has 4 aliphatic rings. The Morgan fingerprint density at radius 3 is 1.48 bits per heavy atom. The highest BCUT2D eigenvalue weighted by Gasteiger charge is 2.56. The summed E-state index contributed by atoms with van der Waals surface area (Å²) in [7, 11) is 0. The number of ether oxygens (including phenoxy) is 1. The summed E-state index contributed by atoms with van der Waals surface area (Å²) < 4.78 is 104. The van der Waals surface area contributed by atoms with E-state index in [2.05, 4.69) is 4.74 Å². The second-order valence-corrected chi connectivity index (χ2v) is 11.1. The Labute approximate surface area is 192 Å². The van der Waals surface area contributed by atoms with Crippen molar-refractivity contribution in [2.24, 2.45) is 29.6 Å². The summed E-state index contributed by atoms with van der Waals surface area (Å²) in [6, 6.07) is 0. The number of hydrogen-bond donors (Lipinski definition) is 0. The maximum absolute atomic E-state index is 14.9. The van der Waals surface area contributed by atoms with Gasteiger partial charge in [0.05, 0.1) is 6.10 Å². The fourth-order valence-electron chi connectivity index (χ4n) is 7.18. The average molecular weight is 487 g/mol. The molecule has 0 N–H and O–H groups in total. The molecule has 0 heterocycles. The van der Waals surface area contributed by atoms with E-state index in [1.165, 1.54) is 32.1 Å². The van der Waals surface area contributed by atoms with Crippen molar-refractivity contribution in [1.82, 2.24) is 0 Å². The van der Waals surface area contributed by atoms with Gasteiger partial charge in [0.1, 0.15) is 30.6 Å². The third kappa shape index (κ3) is 5.83. The van der Waals surface area contributed by atoms with Crippen LogP contribution in [-0.4, -0.2) is 43.1 Å². The molecule has 0 aromatic rings. The molecule has 33 heavy (non-hydrogen) atoms. The molecule has 8 heteroatoms. The molecule has 4 saturated carbocycles. The molecule has 4 aliphatic carbocycles. The van der Waals surface area contributed by atoms with E-state index in [1.54, 1.807) is 0 Å². The molecule has 1 nitrogen and oxygen atoms in total. The zero-order chi connectivity index (χ0) is 23.8. The maximum atomic E-state index is 14.9. The molecule has 4 atom stereocenters. The van der Waals surface area contributed by atoms with Crippen LogP contribution in [0.5, 0.6) is 0 Å². The highest BCUT2D eigenvalue weighted by molar-refractivity contribution is 4.96. The zero-order valence-corrected chi connectivity index (χ0v) is 19.1. The van der Waals surface area contributed by atoms with Crippen LogP contribution in [0.4, 0.5) is 30.7 Å². The lowest BCUT2D eigenvalue weighted by atomic mass is 9.65. The predicted molar refractivity (Wildman–Crippen MR) is 112 cm³/mol. The first-order valence-electron chi connectivity index (χ1n) is 12.9. The van der Waals surface area contributed by atoms with Gasteiger partial charge >= 0.3 is 6.11 Å².